The van der Waals surface area contributed by atoms with E-state index in [4.69, 9.17) is 4.74 Å². The Bertz CT molecular complexity index is 1280. The lowest BCUT2D eigenvalue weighted by atomic mass is 10.0. The molecular formula is C23H23BrN4O2S2. The van der Waals surface area contributed by atoms with E-state index >= 15 is 0 Å². The van der Waals surface area contributed by atoms with Crippen molar-refractivity contribution in [1.29, 1.82) is 0 Å². The molecular weight excluding hydrogens is 508 g/mol. The Morgan fingerprint density at radius 3 is 2.81 bits per heavy atom. The highest BCUT2D eigenvalue weighted by Gasteiger charge is 2.33. The third-order valence-corrected chi connectivity index (χ3v) is 8.09. The number of aromatic nitrogens is 4. The number of thiazole rings is 1. The maximum absolute atomic E-state index is 13.3. The van der Waals surface area contributed by atoms with Crippen LogP contribution in [0.1, 0.15) is 53.2 Å². The predicted octanol–water partition coefficient (Wildman–Crippen LogP) is 6.22. The van der Waals surface area contributed by atoms with Crippen molar-refractivity contribution in [3.63, 3.8) is 0 Å². The summed E-state index contributed by atoms with van der Waals surface area (Å²) in [4.78, 5) is 22.1. The molecule has 1 aliphatic rings. The smallest absolute Gasteiger partial charge is 0.340 e. The van der Waals surface area contributed by atoms with Gasteiger partial charge in [0.05, 0.1) is 17.7 Å². The van der Waals surface area contributed by atoms with Gasteiger partial charge in [-0.2, -0.15) is 0 Å². The van der Waals surface area contributed by atoms with Crippen molar-refractivity contribution in [1.82, 2.24) is 19.1 Å². The van der Waals surface area contributed by atoms with Gasteiger partial charge in [-0.15, -0.1) is 11.3 Å². The number of carbonyl (C=O) groups is 1. The van der Waals surface area contributed by atoms with E-state index in [1.807, 2.05) is 37.8 Å². The highest BCUT2D eigenvalue weighted by Crippen LogP contribution is 2.45. The molecule has 9 heteroatoms. The molecule has 3 heterocycles. The van der Waals surface area contributed by atoms with Gasteiger partial charge in [-0.25, -0.2) is 14.8 Å². The first kappa shape index (κ1) is 21.7. The fourth-order valence-corrected chi connectivity index (χ4v) is 6.29. The van der Waals surface area contributed by atoms with Crippen LogP contribution in [0.3, 0.4) is 0 Å². The Hall–Kier alpha value is -2.10. The average Bonchev–Trinajstić information content (AvgIpc) is 3.16. The van der Waals surface area contributed by atoms with E-state index in [9.17, 15) is 4.79 Å². The first-order valence-corrected chi connectivity index (χ1v) is 13.2. The Morgan fingerprint density at radius 1 is 1.31 bits per heavy atom. The lowest BCUT2D eigenvalue weighted by Crippen LogP contribution is -2.10. The van der Waals surface area contributed by atoms with Crippen LogP contribution < -0.4 is 0 Å². The summed E-state index contributed by atoms with van der Waals surface area (Å²) >= 11 is 7.01. The van der Waals surface area contributed by atoms with Crippen LogP contribution in [0.2, 0.25) is 0 Å². The number of fused-ring (bicyclic) bond motifs is 1. The minimum atomic E-state index is -0.252. The lowest BCUT2D eigenvalue weighted by Gasteiger charge is -2.11. The first-order valence-electron chi connectivity index (χ1n) is 10.6. The fourth-order valence-electron chi connectivity index (χ4n) is 4.14. The zero-order valence-electron chi connectivity index (χ0n) is 17.9. The van der Waals surface area contributed by atoms with Crippen LogP contribution in [0.4, 0.5) is 0 Å². The molecule has 1 aromatic carbocycles. The van der Waals surface area contributed by atoms with Crippen LogP contribution in [-0.2, 0) is 17.0 Å². The number of hydrogen-bond acceptors (Lipinski definition) is 6. The third-order valence-electron chi connectivity index (χ3n) is 5.65. The van der Waals surface area contributed by atoms with E-state index in [0.29, 0.717) is 30.5 Å². The SMILES string of the molecule is CCOC(=O)c1c(CSc2nccs2)n(C2CC2)c2cc(Br)cc(Cn3ccnc3C)c12. The second kappa shape index (κ2) is 9.03. The number of carbonyl (C=O) groups excluding carboxylic acids is 1. The fraction of sp³-hybridized carbons (Fsp3) is 0.348. The van der Waals surface area contributed by atoms with E-state index in [1.165, 1.54) is 0 Å². The predicted molar refractivity (Wildman–Crippen MR) is 132 cm³/mol. The van der Waals surface area contributed by atoms with E-state index in [2.05, 4.69) is 47.2 Å². The standard InChI is InChI=1S/C23H23BrN4O2S2/c1-3-30-22(29)21-19(13-32-23-26-7-9-31-23)28(17-4-5-17)18-11-16(24)10-15(20(18)21)12-27-8-6-25-14(27)2/h6-11,17H,3-5,12-13H2,1-2H3. The summed E-state index contributed by atoms with van der Waals surface area (Å²) in [5.74, 6) is 1.36. The summed E-state index contributed by atoms with van der Waals surface area (Å²) in [7, 11) is 0. The number of ether oxygens (including phenoxy) is 1. The van der Waals surface area contributed by atoms with Gasteiger partial charge in [0.2, 0.25) is 0 Å². The molecule has 4 aromatic rings. The summed E-state index contributed by atoms with van der Waals surface area (Å²) in [6.45, 7) is 4.84. The molecule has 32 heavy (non-hydrogen) atoms. The van der Waals surface area contributed by atoms with Crippen molar-refractivity contribution in [3.05, 3.63) is 63.2 Å². The molecule has 0 spiro atoms. The molecule has 0 saturated heterocycles. The van der Waals surface area contributed by atoms with Gasteiger partial charge in [0.1, 0.15) is 10.2 Å². The largest absolute Gasteiger partial charge is 0.462 e. The molecule has 3 aromatic heterocycles. The van der Waals surface area contributed by atoms with E-state index in [0.717, 1.165) is 49.6 Å². The van der Waals surface area contributed by atoms with Crippen molar-refractivity contribution in [2.24, 2.45) is 0 Å². The molecule has 0 N–H and O–H groups in total. The number of benzene rings is 1. The van der Waals surface area contributed by atoms with Crippen molar-refractivity contribution in [2.45, 2.75) is 49.4 Å². The van der Waals surface area contributed by atoms with Gasteiger partial charge >= 0.3 is 5.97 Å². The quantitative estimate of drug-likeness (QED) is 0.200. The highest BCUT2D eigenvalue weighted by molar-refractivity contribution is 9.10. The molecule has 0 amide bonds. The summed E-state index contributed by atoms with van der Waals surface area (Å²) in [6, 6.07) is 4.67. The Labute approximate surface area is 203 Å². The zero-order valence-corrected chi connectivity index (χ0v) is 21.1. The highest BCUT2D eigenvalue weighted by atomic mass is 79.9. The Balaban J connectivity index is 1.71. The average molecular weight is 532 g/mol. The summed E-state index contributed by atoms with van der Waals surface area (Å²) in [6.07, 6.45) is 7.86. The maximum Gasteiger partial charge on any atom is 0.340 e. The number of rotatable bonds is 8. The van der Waals surface area contributed by atoms with Crippen molar-refractivity contribution in [3.8, 4) is 0 Å². The Kier molecular flexibility index (Phi) is 6.14. The topological polar surface area (TPSA) is 61.9 Å². The van der Waals surface area contributed by atoms with Crippen molar-refractivity contribution >= 4 is 55.9 Å². The number of imidazole rings is 1. The van der Waals surface area contributed by atoms with Gasteiger partial charge in [0.15, 0.2) is 0 Å². The van der Waals surface area contributed by atoms with Crippen molar-refractivity contribution in [2.75, 3.05) is 6.61 Å². The molecule has 0 atom stereocenters. The molecule has 166 valence electrons. The van der Waals surface area contributed by atoms with Gasteiger partial charge in [0.25, 0.3) is 0 Å². The molecule has 1 saturated carbocycles. The maximum atomic E-state index is 13.3. The molecule has 0 radical (unpaired) electrons. The normalized spacial score (nSPS) is 13.7. The molecule has 0 unspecified atom stereocenters. The van der Waals surface area contributed by atoms with Gasteiger partial charge < -0.3 is 13.9 Å². The summed E-state index contributed by atoms with van der Waals surface area (Å²) in [5, 5.41) is 2.97. The van der Waals surface area contributed by atoms with Crippen LogP contribution in [0.15, 0.2) is 44.9 Å². The molecule has 0 aliphatic heterocycles. The molecule has 6 nitrogen and oxygen atoms in total. The third kappa shape index (κ3) is 4.13. The van der Waals surface area contributed by atoms with Gasteiger partial charge in [-0.1, -0.05) is 27.7 Å². The van der Waals surface area contributed by atoms with E-state index in [-0.39, 0.29) is 5.97 Å². The van der Waals surface area contributed by atoms with Crippen LogP contribution in [0.25, 0.3) is 10.9 Å². The molecule has 1 aliphatic carbocycles. The van der Waals surface area contributed by atoms with Crippen LogP contribution >= 0.6 is 39.0 Å². The van der Waals surface area contributed by atoms with Gasteiger partial charge in [0, 0.05) is 57.9 Å². The minimum absolute atomic E-state index is 0.252. The number of halogens is 1. The van der Waals surface area contributed by atoms with Crippen molar-refractivity contribution < 1.29 is 9.53 Å². The number of esters is 1. The van der Waals surface area contributed by atoms with Crippen LogP contribution in [-0.4, -0.2) is 31.7 Å². The van der Waals surface area contributed by atoms with Gasteiger partial charge in [-0.05, 0) is 44.4 Å². The first-order chi connectivity index (χ1) is 15.6. The van der Waals surface area contributed by atoms with E-state index < -0.39 is 0 Å². The lowest BCUT2D eigenvalue weighted by molar-refractivity contribution is 0.0527. The second-order valence-electron chi connectivity index (χ2n) is 7.79. The summed E-state index contributed by atoms with van der Waals surface area (Å²) in [5.41, 5.74) is 3.90. The summed E-state index contributed by atoms with van der Waals surface area (Å²) < 4.78 is 12.1. The van der Waals surface area contributed by atoms with Crippen LogP contribution in [0.5, 0.6) is 0 Å². The number of hydrogen-bond donors (Lipinski definition) is 0. The number of thioether (sulfide) groups is 1. The zero-order chi connectivity index (χ0) is 22.2. The van der Waals surface area contributed by atoms with Gasteiger partial charge in [-0.3, -0.25) is 0 Å². The van der Waals surface area contributed by atoms with Crippen LogP contribution in [0, 0.1) is 6.92 Å². The molecule has 5 rings (SSSR count). The number of nitrogens with zero attached hydrogens (tertiary/aromatic N) is 4. The van der Waals surface area contributed by atoms with E-state index in [1.54, 1.807) is 23.1 Å². The minimum Gasteiger partial charge on any atom is -0.462 e. The Morgan fingerprint density at radius 2 is 2.16 bits per heavy atom. The molecule has 0 bridgehead atoms. The monoisotopic (exact) mass is 530 g/mol. The number of aryl methyl sites for hydroxylation is 1. The second-order valence-corrected chi connectivity index (χ2v) is 10.8. The molecule has 1 fully saturated rings.